The molecule has 0 saturated heterocycles. The van der Waals surface area contributed by atoms with Crippen molar-refractivity contribution in [2.24, 2.45) is 0 Å². The Morgan fingerprint density at radius 3 is 1.33 bits per heavy atom. The molecule has 8 heteroatoms. The van der Waals surface area contributed by atoms with Crippen LogP contribution in [0.4, 0.5) is 0 Å². The Morgan fingerprint density at radius 1 is 0.636 bits per heavy atom. The lowest BCUT2D eigenvalue weighted by molar-refractivity contribution is -0.110. The van der Waals surface area contributed by atoms with Crippen molar-refractivity contribution in [3.63, 3.8) is 0 Å². The lowest BCUT2D eigenvalue weighted by Gasteiger charge is -2.12. The number of hydrogen-bond acceptors (Lipinski definition) is 8. The summed E-state index contributed by atoms with van der Waals surface area (Å²) < 4.78 is 31.9. The summed E-state index contributed by atoms with van der Waals surface area (Å²) in [5, 5.41) is 10.2. The van der Waals surface area contributed by atoms with Crippen molar-refractivity contribution in [3.8, 4) is 34.5 Å². The number of aliphatic hydroxyl groups is 1. The van der Waals surface area contributed by atoms with Crippen LogP contribution in [0.25, 0.3) is 12.2 Å². The zero-order valence-electron chi connectivity index (χ0n) is 19.5. The third-order valence-corrected chi connectivity index (χ3v) is 4.63. The molecule has 8 nitrogen and oxygen atoms in total. The summed E-state index contributed by atoms with van der Waals surface area (Å²) in [5.74, 6) is 2.35. The van der Waals surface area contributed by atoms with Gasteiger partial charge in [0, 0.05) is 30.3 Å². The first-order valence-electron chi connectivity index (χ1n) is 9.81. The molecule has 0 fully saturated rings. The van der Waals surface area contributed by atoms with E-state index in [4.69, 9.17) is 28.4 Å². The first-order valence-corrected chi connectivity index (χ1v) is 9.81. The third kappa shape index (κ3) is 6.46. The van der Waals surface area contributed by atoms with Gasteiger partial charge in [-0.3, -0.25) is 4.79 Å². The second kappa shape index (κ2) is 12.1. The van der Waals surface area contributed by atoms with Crippen molar-refractivity contribution in [3.05, 3.63) is 59.4 Å². The number of benzene rings is 2. The van der Waals surface area contributed by atoms with Crippen molar-refractivity contribution < 1.29 is 38.3 Å². The average molecular weight is 456 g/mol. The molecule has 176 valence electrons. The lowest BCUT2D eigenvalue weighted by Crippen LogP contribution is -1.96. The number of allylic oxidation sites excluding steroid dienone is 3. The van der Waals surface area contributed by atoms with Crippen molar-refractivity contribution in [2.75, 3.05) is 42.7 Å². The largest absolute Gasteiger partial charge is 0.508 e. The fraction of sp³-hybridized carbons (Fsp3) is 0.240. The molecule has 0 aliphatic carbocycles. The Labute approximate surface area is 193 Å². The van der Waals surface area contributed by atoms with Gasteiger partial charge in [0.2, 0.25) is 0 Å². The molecule has 0 unspecified atom stereocenters. The fourth-order valence-electron chi connectivity index (χ4n) is 2.97. The second-order valence-corrected chi connectivity index (χ2v) is 6.53. The highest BCUT2D eigenvalue weighted by atomic mass is 16.5. The lowest BCUT2D eigenvalue weighted by atomic mass is 10.1. The van der Waals surface area contributed by atoms with Crippen LogP contribution in [0.1, 0.15) is 11.1 Å². The number of carbonyl (C=O) groups is 1. The zero-order chi connectivity index (χ0) is 24.4. The van der Waals surface area contributed by atoms with Gasteiger partial charge in [0.1, 0.15) is 40.3 Å². The molecule has 0 heterocycles. The van der Waals surface area contributed by atoms with E-state index in [9.17, 15) is 9.90 Å². The Morgan fingerprint density at radius 2 is 1.00 bits per heavy atom. The van der Waals surface area contributed by atoms with E-state index in [1.54, 1.807) is 36.4 Å². The van der Waals surface area contributed by atoms with Gasteiger partial charge >= 0.3 is 0 Å². The van der Waals surface area contributed by atoms with Gasteiger partial charge in [-0.05, 0) is 24.3 Å². The Kier molecular flexibility index (Phi) is 9.23. The smallest absolute Gasteiger partial charge is 0.182 e. The molecule has 0 atom stereocenters. The van der Waals surface area contributed by atoms with Crippen LogP contribution in [-0.4, -0.2) is 53.5 Å². The van der Waals surface area contributed by atoms with Gasteiger partial charge in [0.15, 0.2) is 5.78 Å². The molecule has 0 bridgehead atoms. The highest BCUT2D eigenvalue weighted by Crippen LogP contribution is 2.36. The highest BCUT2D eigenvalue weighted by Gasteiger charge is 2.12. The maximum absolute atomic E-state index is 12.4. The Bertz CT molecular complexity index is 1020. The molecule has 2 rings (SSSR count). The average Bonchev–Trinajstić information content (AvgIpc) is 2.84. The maximum Gasteiger partial charge on any atom is 0.182 e. The predicted molar refractivity (Wildman–Crippen MR) is 126 cm³/mol. The van der Waals surface area contributed by atoms with Crippen LogP contribution in [-0.2, 0) is 4.79 Å². The molecule has 0 amide bonds. The van der Waals surface area contributed by atoms with Crippen LogP contribution in [0.5, 0.6) is 34.5 Å². The summed E-state index contributed by atoms with van der Waals surface area (Å²) in [6, 6.07) is 6.73. The quantitative estimate of drug-likeness (QED) is 0.301. The van der Waals surface area contributed by atoms with Gasteiger partial charge in [-0.2, -0.15) is 0 Å². The first kappa shape index (κ1) is 25.2. The molecule has 0 spiro atoms. The maximum atomic E-state index is 12.4. The van der Waals surface area contributed by atoms with E-state index in [-0.39, 0.29) is 5.76 Å². The monoisotopic (exact) mass is 456 g/mol. The third-order valence-electron chi connectivity index (χ3n) is 4.63. The van der Waals surface area contributed by atoms with Crippen LogP contribution < -0.4 is 28.4 Å². The van der Waals surface area contributed by atoms with Crippen LogP contribution >= 0.6 is 0 Å². The molecular weight excluding hydrogens is 428 g/mol. The summed E-state index contributed by atoms with van der Waals surface area (Å²) in [7, 11) is 9.10. The van der Waals surface area contributed by atoms with Gasteiger partial charge in [-0.1, -0.05) is 0 Å². The molecule has 0 radical (unpaired) electrons. The molecule has 0 saturated carbocycles. The van der Waals surface area contributed by atoms with E-state index in [2.05, 4.69) is 0 Å². The number of ketones is 1. The number of aliphatic hydroxyl groups excluding tert-OH is 1. The molecular formula is C25H28O8. The SMILES string of the molecule is COc1cc(OC)c(/C=C/C(=O)/C=C(O)/C=C/c2c(OC)cc(OC)cc2OC)c(OC)c1. The van der Waals surface area contributed by atoms with Crippen molar-refractivity contribution in [2.45, 2.75) is 0 Å². The second-order valence-electron chi connectivity index (χ2n) is 6.53. The van der Waals surface area contributed by atoms with E-state index in [1.165, 1.54) is 54.8 Å². The van der Waals surface area contributed by atoms with Crippen molar-refractivity contribution >= 4 is 17.9 Å². The normalized spacial score (nSPS) is 11.5. The first-order chi connectivity index (χ1) is 15.9. The minimum Gasteiger partial charge on any atom is -0.508 e. The molecule has 0 aliphatic rings. The Hall–Kier alpha value is -4.07. The van der Waals surface area contributed by atoms with E-state index in [0.717, 1.165) is 6.08 Å². The number of methoxy groups -OCH3 is 6. The van der Waals surface area contributed by atoms with Gasteiger partial charge in [-0.15, -0.1) is 0 Å². The van der Waals surface area contributed by atoms with Crippen molar-refractivity contribution in [1.29, 1.82) is 0 Å². The minimum atomic E-state index is -0.439. The van der Waals surface area contributed by atoms with Crippen LogP contribution in [0.3, 0.4) is 0 Å². The molecule has 1 N–H and O–H groups in total. The standard InChI is InChI=1S/C25H28O8/c1-28-18-12-22(30-3)20(23(13-18)31-4)9-7-16(26)11-17(27)8-10-21-24(32-5)14-19(29-2)15-25(21)33-6/h7-15,26H,1-6H3/b9-7+,10-8+,16-11-. The van der Waals surface area contributed by atoms with E-state index >= 15 is 0 Å². The van der Waals surface area contributed by atoms with E-state index in [0.29, 0.717) is 45.6 Å². The summed E-state index contributed by atoms with van der Waals surface area (Å²) in [5.41, 5.74) is 1.14. The zero-order valence-corrected chi connectivity index (χ0v) is 19.5. The number of rotatable bonds is 11. The Balaban J connectivity index is 2.27. The van der Waals surface area contributed by atoms with Crippen LogP contribution in [0, 0.1) is 0 Å². The van der Waals surface area contributed by atoms with Gasteiger partial charge in [0.25, 0.3) is 0 Å². The molecule has 0 aromatic heterocycles. The molecule has 0 aliphatic heterocycles. The van der Waals surface area contributed by atoms with E-state index < -0.39 is 5.78 Å². The fourth-order valence-corrected chi connectivity index (χ4v) is 2.97. The van der Waals surface area contributed by atoms with Crippen LogP contribution in [0.15, 0.2) is 48.3 Å². The molecule has 33 heavy (non-hydrogen) atoms. The van der Waals surface area contributed by atoms with Crippen LogP contribution in [0.2, 0.25) is 0 Å². The molecule has 2 aromatic rings. The highest BCUT2D eigenvalue weighted by molar-refractivity contribution is 6.03. The van der Waals surface area contributed by atoms with Crippen molar-refractivity contribution in [1.82, 2.24) is 0 Å². The van der Waals surface area contributed by atoms with Gasteiger partial charge in [0.05, 0.1) is 53.8 Å². The topological polar surface area (TPSA) is 92.7 Å². The minimum absolute atomic E-state index is 0.252. The predicted octanol–water partition coefficient (Wildman–Crippen LogP) is 4.48. The summed E-state index contributed by atoms with van der Waals surface area (Å²) in [6.45, 7) is 0. The van der Waals surface area contributed by atoms with E-state index in [1.807, 2.05) is 0 Å². The summed E-state index contributed by atoms with van der Waals surface area (Å²) in [4.78, 5) is 12.4. The number of ether oxygens (including phenoxy) is 6. The summed E-state index contributed by atoms with van der Waals surface area (Å²) in [6.07, 6.45) is 6.87. The number of hydrogen-bond donors (Lipinski definition) is 1. The number of carbonyl (C=O) groups excluding carboxylic acids is 1. The molecule has 2 aromatic carbocycles. The van der Waals surface area contributed by atoms with Gasteiger partial charge in [-0.25, -0.2) is 0 Å². The summed E-state index contributed by atoms with van der Waals surface area (Å²) >= 11 is 0. The van der Waals surface area contributed by atoms with Gasteiger partial charge < -0.3 is 33.5 Å².